The molecular formula is C24H23ClN2O5. The molecular weight excluding hydrogens is 432 g/mol. The van der Waals surface area contributed by atoms with E-state index < -0.39 is 17.7 Å². The second-order valence-corrected chi connectivity index (χ2v) is 7.91. The molecule has 0 bridgehead atoms. The number of nitrogens with one attached hydrogen (secondary N) is 1. The van der Waals surface area contributed by atoms with Crippen LogP contribution >= 0.6 is 11.6 Å². The Balaban J connectivity index is 1.93. The van der Waals surface area contributed by atoms with Crippen LogP contribution in [0.2, 0.25) is 5.02 Å². The van der Waals surface area contributed by atoms with Gasteiger partial charge >= 0.3 is 0 Å². The molecule has 2 aromatic carbocycles. The number of fused-ring (bicyclic) bond motifs is 1. The van der Waals surface area contributed by atoms with E-state index in [-0.39, 0.29) is 16.9 Å². The highest BCUT2D eigenvalue weighted by molar-refractivity contribution is 6.46. The van der Waals surface area contributed by atoms with Crippen molar-refractivity contribution in [3.05, 3.63) is 70.4 Å². The molecule has 7 nitrogen and oxygen atoms in total. The van der Waals surface area contributed by atoms with Gasteiger partial charge in [-0.15, -0.1) is 0 Å². The monoisotopic (exact) mass is 454 g/mol. The molecule has 2 heterocycles. The topological polar surface area (TPSA) is 91.9 Å². The predicted octanol–water partition coefficient (Wildman–Crippen LogP) is 4.29. The number of rotatable bonds is 7. The molecule has 1 aromatic heterocycles. The number of nitrogens with zero attached hydrogens (tertiary/aromatic N) is 1. The summed E-state index contributed by atoms with van der Waals surface area (Å²) < 4.78 is 10.5. The number of hydrogen-bond donors (Lipinski definition) is 2. The number of aromatic amines is 1. The van der Waals surface area contributed by atoms with Gasteiger partial charge < -0.3 is 24.5 Å². The van der Waals surface area contributed by atoms with E-state index in [2.05, 4.69) is 4.98 Å². The zero-order chi connectivity index (χ0) is 22.8. The average molecular weight is 455 g/mol. The lowest BCUT2D eigenvalue weighted by atomic mass is 9.94. The predicted molar refractivity (Wildman–Crippen MR) is 122 cm³/mol. The summed E-state index contributed by atoms with van der Waals surface area (Å²) in [4.78, 5) is 30.9. The molecule has 0 saturated carbocycles. The number of aliphatic hydroxyl groups excluding tert-OH is 1. The van der Waals surface area contributed by atoms with Gasteiger partial charge in [0, 0.05) is 47.9 Å². The van der Waals surface area contributed by atoms with Crippen LogP contribution < -0.4 is 4.74 Å². The van der Waals surface area contributed by atoms with Crippen molar-refractivity contribution < 1.29 is 24.2 Å². The standard InChI is InChI=1S/C24H23ClN2O5/c1-31-11-5-10-27-21(17-13-26-18-7-4-3-6-15(17)18)20(23(29)24(27)30)22(28)16-12-14(25)8-9-19(16)32-2/h3-4,6-9,12-13,21,26,28H,5,10-11H2,1-2H3/b22-20+. The summed E-state index contributed by atoms with van der Waals surface area (Å²) >= 11 is 6.15. The van der Waals surface area contributed by atoms with Gasteiger partial charge in [0.05, 0.1) is 24.3 Å². The minimum atomic E-state index is -0.772. The molecule has 1 fully saturated rings. The Hall–Kier alpha value is -3.29. The van der Waals surface area contributed by atoms with E-state index in [1.165, 1.54) is 18.1 Å². The molecule has 1 saturated heterocycles. The fourth-order valence-electron chi connectivity index (χ4n) is 4.14. The van der Waals surface area contributed by atoms with E-state index in [4.69, 9.17) is 21.1 Å². The summed E-state index contributed by atoms with van der Waals surface area (Å²) in [6, 6.07) is 11.6. The highest BCUT2D eigenvalue weighted by Gasteiger charge is 2.46. The second kappa shape index (κ2) is 9.06. The van der Waals surface area contributed by atoms with E-state index in [9.17, 15) is 14.7 Å². The molecule has 0 spiro atoms. The van der Waals surface area contributed by atoms with Crippen LogP contribution in [0, 0.1) is 0 Å². The number of halogens is 1. The van der Waals surface area contributed by atoms with Crippen LogP contribution in [0.4, 0.5) is 0 Å². The number of carbonyl (C=O) groups excluding carboxylic acids is 2. The molecule has 32 heavy (non-hydrogen) atoms. The van der Waals surface area contributed by atoms with Gasteiger partial charge in [-0.3, -0.25) is 9.59 Å². The van der Waals surface area contributed by atoms with Crippen LogP contribution in [0.3, 0.4) is 0 Å². The minimum absolute atomic E-state index is 0.00210. The number of aliphatic hydroxyl groups is 1. The lowest BCUT2D eigenvalue weighted by molar-refractivity contribution is -0.140. The molecule has 1 aliphatic heterocycles. The van der Waals surface area contributed by atoms with E-state index >= 15 is 0 Å². The third-order valence-corrected chi connectivity index (χ3v) is 5.86. The number of aromatic nitrogens is 1. The molecule has 4 rings (SSSR count). The largest absolute Gasteiger partial charge is 0.507 e. The Morgan fingerprint density at radius 1 is 1.19 bits per heavy atom. The van der Waals surface area contributed by atoms with Crippen molar-refractivity contribution >= 4 is 40.0 Å². The number of para-hydroxylation sites is 1. The molecule has 1 atom stereocenters. The summed E-state index contributed by atoms with van der Waals surface area (Å²) in [5, 5.41) is 12.5. The summed E-state index contributed by atoms with van der Waals surface area (Å²) in [5.74, 6) is -1.40. The number of H-pyrrole nitrogens is 1. The van der Waals surface area contributed by atoms with Crippen molar-refractivity contribution in [3.8, 4) is 5.75 Å². The number of amides is 1. The zero-order valence-electron chi connectivity index (χ0n) is 17.7. The van der Waals surface area contributed by atoms with E-state index in [0.29, 0.717) is 30.3 Å². The fraction of sp³-hybridized carbons (Fsp3) is 0.250. The van der Waals surface area contributed by atoms with E-state index in [1.807, 2.05) is 24.3 Å². The highest BCUT2D eigenvalue weighted by atomic mass is 35.5. The normalized spacial score (nSPS) is 18.0. The van der Waals surface area contributed by atoms with Crippen molar-refractivity contribution in [1.82, 2.24) is 9.88 Å². The summed E-state index contributed by atoms with van der Waals surface area (Å²) in [6.45, 7) is 0.734. The van der Waals surface area contributed by atoms with Gasteiger partial charge in [0.25, 0.3) is 11.7 Å². The lowest BCUT2D eigenvalue weighted by Crippen LogP contribution is -2.31. The molecule has 3 aromatic rings. The first-order valence-electron chi connectivity index (χ1n) is 10.1. The van der Waals surface area contributed by atoms with Gasteiger partial charge in [0.15, 0.2) is 0 Å². The second-order valence-electron chi connectivity index (χ2n) is 7.47. The number of ether oxygens (including phenoxy) is 2. The number of benzene rings is 2. The van der Waals surface area contributed by atoms with Crippen molar-refractivity contribution in [1.29, 1.82) is 0 Å². The number of hydrogen-bond acceptors (Lipinski definition) is 5. The lowest BCUT2D eigenvalue weighted by Gasteiger charge is -2.25. The number of likely N-dealkylation sites (tertiary alicyclic amines) is 1. The quantitative estimate of drug-likeness (QED) is 0.240. The van der Waals surface area contributed by atoms with Crippen molar-refractivity contribution in [2.24, 2.45) is 0 Å². The zero-order valence-corrected chi connectivity index (χ0v) is 18.5. The average Bonchev–Trinajstić information content (AvgIpc) is 3.33. The van der Waals surface area contributed by atoms with Crippen molar-refractivity contribution in [2.45, 2.75) is 12.5 Å². The maximum Gasteiger partial charge on any atom is 0.295 e. The number of carbonyl (C=O) groups is 2. The van der Waals surface area contributed by atoms with Gasteiger partial charge in [0.1, 0.15) is 11.5 Å². The van der Waals surface area contributed by atoms with Crippen LogP contribution in [0.5, 0.6) is 5.75 Å². The molecule has 1 unspecified atom stereocenters. The first-order valence-corrected chi connectivity index (χ1v) is 10.5. The molecule has 8 heteroatoms. The van der Waals surface area contributed by atoms with Gasteiger partial charge in [-0.05, 0) is 30.7 Å². The molecule has 166 valence electrons. The van der Waals surface area contributed by atoms with Crippen molar-refractivity contribution in [3.63, 3.8) is 0 Å². The Kier molecular flexibility index (Phi) is 6.21. The Labute approximate surface area is 190 Å². The third-order valence-electron chi connectivity index (χ3n) is 5.62. The number of methoxy groups -OCH3 is 2. The first-order chi connectivity index (χ1) is 15.5. The summed E-state index contributed by atoms with van der Waals surface area (Å²) in [7, 11) is 3.04. The Bertz CT molecular complexity index is 1220. The third kappa shape index (κ3) is 3.74. The highest BCUT2D eigenvalue weighted by Crippen LogP contribution is 2.43. The molecule has 1 amide bonds. The van der Waals surface area contributed by atoms with Crippen LogP contribution in [0.15, 0.2) is 54.2 Å². The first kappa shape index (κ1) is 21.9. The maximum atomic E-state index is 13.2. The Morgan fingerprint density at radius 3 is 2.72 bits per heavy atom. The fourth-order valence-corrected chi connectivity index (χ4v) is 4.32. The SMILES string of the molecule is COCCCN1C(=O)C(=O)/C(=C(/O)c2cc(Cl)ccc2OC)C1c1c[nH]c2ccccc12. The number of ketones is 1. The van der Waals surface area contributed by atoms with Gasteiger partial charge in [-0.2, -0.15) is 0 Å². The Morgan fingerprint density at radius 2 is 1.97 bits per heavy atom. The van der Waals surface area contributed by atoms with E-state index in [1.54, 1.807) is 25.4 Å². The summed E-state index contributed by atoms with van der Waals surface area (Å²) in [5.41, 5.74) is 1.84. The minimum Gasteiger partial charge on any atom is -0.507 e. The van der Waals surface area contributed by atoms with Gasteiger partial charge in [-0.25, -0.2) is 0 Å². The van der Waals surface area contributed by atoms with Crippen LogP contribution in [-0.4, -0.2) is 54.1 Å². The maximum absolute atomic E-state index is 13.2. The van der Waals surface area contributed by atoms with Crippen molar-refractivity contribution in [2.75, 3.05) is 27.4 Å². The molecule has 2 N–H and O–H groups in total. The summed E-state index contributed by atoms with van der Waals surface area (Å²) in [6.07, 6.45) is 2.32. The molecule has 1 aliphatic rings. The number of Topliss-reactive ketones (excluding diaryl/α,β-unsaturated/α-hetero) is 1. The van der Waals surface area contributed by atoms with Gasteiger partial charge in [0.2, 0.25) is 0 Å². The van der Waals surface area contributed by atoms with E-state index in [0.717, 1.165) is 16.5 Å². The van der Waals surface area contributed by atoms with Crippen LogP contribution in [0.25, 0.3) is 16.7 Å². The van der Waals surface area contributed by atoms with Gasteiger partial charge in [-0.1, -0.05) is 29.8 Å². The molecule has 0 aliphatic carbocycles. The molecule has 0 radical (unpaired) electrons. The van der Waals surface area contributed by atoms with Crippen LogP contribution in [0.1, 0.15) is 23.6 Å². The van der Waals surface area contributed by atoms with Crippen LogP contribution in [-0.2, 0) is 14.3 Å². The smallest absolute Gasteiger partial charge is 0.295 e.